The first-order valence-electron chi connectivity index (χ1n) is 8.49. The maximum Gasteiger partial charge on any atom is 0.254 e. The quantitative estimate of drug-likeness (QED) is 0.681. The maximum absolute atomic E-state index is 12.7. The normalized spacial score (nSPS) is 10.9. The molecule has 0 unspecified atom stereocenters. The highest BCUT2D eigenvalue weighted by molar-refractivity contribution is 6.32. The van der Waals surface area contributed by atoms with E-state index in [0.29, 0.717) is 52.6 Å². The lowest BCUT2D eigenvalue weighted by Crippen LogP contribution is -2.26. The highest BCUT2D eigenvalue weighted by Crippen LogP contribution is 2.37. The van der Waals surface area contributed by atoms with E-state index in [0.717, 1.165) is 6.42 Å². The van der Waals surface area contributed by atoms with E-state index in [1.807, 2.05) is 0 Å². The van der Waals surface area contributed by atoms with Crippen LogP contribution in [0.15, 0.2) is 22.7 Å². The van der Waals surface area contributed by atoms with Crippen LogP contribution >= 0.6 is 11.6 Å². The molecule has 0 saturated carbocycles. The summed E-state index contributed by atoms with van der Waals surface area (Å²) >= 11 is 6.34. The number of carbonyl (C=O) groups excluding carboxylic acids is 1. The van der Waals surface area contributed by atoms with Crippen LogP contribution in [0.3, 0.4) is 0 Å². The number of aromatic nitrogens is 1. The average molecular weight is 381 g/mol. The van der Waals surface area contributed by atoms with Crippen molar-refractivity contribution in [3.8, 4) is 11.5 Å². The molecule has 0 bridgehead atoms. The van der Waals surface area contributed by atoms with Crippen molar-refractivity contribution in [2.24, 2.45) is 5.92 Å². The fourth-order valence-electron chi connectivity index (χ4n) is 2.41. The van der Waals surface area contributed by atoms with Crippen LogP contribution in [0.5, 0.6) is 11.5 Å². The minimum absolute atomic E-state index is 0.195. The van der Waals surface area contributed by atoms with E-state index < -0.39 is 0 Å². The number of benzene rings is 1. The SMILES string of the molecule is COc1cc(C(=O)N(C)Cc2cc(C)on2)cc(Cl)c1OCCC(C)C. The van der Waals surface area contributed by atoms with Gasteiger partial charge in [-0.25, -0.2) is 0 Å². The average Bonchev–Trinajstić information content (AvgIpc) is 2.99. The summed E-state index contributed by atoms with van der Waals surface area (Å²) in [6.07, 6.45) is 0.903. The van der Waals surface area contributed by atoms with E-state index in [4.69, 9.17) is 25.6 Å². The number of aryl methyl sites for hydroxylation is 1. The lowest BCUT2D eigenvalue weighted by molar-refractivity contribution is 0.0781. The zero-order valence-electron chi connectivity index (χ0n) is 15.8. The predicted molar refractivity (Wildman–Crippen MR) is 100.0 cm³/mol. The number of halogens is 1. The van der Waals surface area contributed by atoms with Gasteiger partial charge >= 0.3 is 0 Å². The number of hydrogen-bond donors (Lipinski definition) is 0. The Bertz CT molecular complexity index is 758. The van der Waals surface area contributed by atoms with E-state index >= 15 is 0 Å². The van der Waals surface area contributed by atoms with Crippen LogP contribution < -0.4 is 9.47 Å². The molecule has 2 rings (SSSR count). The molecule has 2 aromatic rings. The van der Waals surface area contributed by atoms with Gasteiger partial charge in [-0.2, -0.15) is 0 Å². The molecule has 0 aliphatic rings. The Balaban J connectivity index is 2.15. The summed E-state index contributed by atoms with van der Waals surface area (Å²) in [7, 11) is 3.22. The van der Waals surface area contributed by atoms with Crippen LogP contribution in [0.25, 0.3) is 0 Å². The molecule has 0 radical (unpaired) electrons. The standard InChI is InChI=1S/C19H25ClN2O4/c1-12(2)6-7-25-18-16(20)9-14(10-17(18)24-5)19(23)22(4)11-15-8-13(3)26-21-15/h8-10,12H,6-7,11H2,1-5H3. The van der Waals surface area contributed by atoms with E-state index in [9.17, 15) is 4.79 Å². The molecule has 1 heterocycles. The second kappa shape index (κ2) is 8.94. The van der Waals surface area contributed by atoms with Gasteiger partial charge in [-0.05, 0) is 31.4 Å². The number of carbonyl (C=O) groups is 1. The Labute approximate surface area is 159 Å². The van der Waals surface area contributed by atoms with Crippen LogP contribution in [-0.2, 0) is 6.54 Å². The Morgan fingerprint density at radius 2 is 2.08 bits per heavy atom. The van der Waals surface area contributed by atoms with Gasteiger partial charge in [0.25, 0.3) is 5.91 Å². The van der Waals surface area contributed by atoms with Gasteiger partial charge in [0, 0.05) is 18.7 Å². The molecular weight excluding hydrogens is 356 g/mol. The molecule has 6 nitrogen and oxygen atoms in total. The first-order valence-corrected chi connectivity index (χ1v) is 8.87. The lowest BCUT2D eigenvalue weighted by atomic mass is 10.1. The van der Waals surface area contributed by atoms with Gasteiger partial charge in [0.2, 0.25) is 0 Å². The van der Waals surface area contributed by atoms with Crippen molar-refractivity contribution in [2.75, 3.05) is 20.8 Å². The van der Waals surface area contributed by atoms with Gasteiger partial charge in [-0.15, -0.1) is 0 Å². The van der Waals surface area contributed by atoms with Crippen molar-refractivity contribution in [3.05, 3.63) is 40.2 Å². The number of amides is 1. The summed E-state index contributed by atoms with van der Waals surface area (Å²) in [5, 5.41) is 4.25. The Kier molecular flexibility index (Phi) is 6.91. The summed E-state index contributed by atoms with van der Waals surface area (Å²) < 4.78 is 16.2. The van der Waals surface area contributed by atoms with Crippen LogP contribution in [0.1, 0.15) is 42.1 Å². The molecule has 0 N–H and O–H groups in total. The largest absolute Gasteiger partial charge is 0.493 e. The first-order chi connectivity index (χ1) is 12.3. The zero-order chi connectivity index (χ0) is 19.3. The van der Waals surface area contributed by atoms with Crippen molar-refractivity contribution in [1.29, 1.82) is 0 Å². The molecular formula is C19H25ClN2O4. The van der Waals surface area contributed by atoms with Gasteiger partial charge in [0.15, 0.2) is 11.5 Å². The molecule has 1 amide bonds. The van der Waals surface area contributed by atoms with Crippen molar-refractivity contribution in [1.82, 2.24) is 10.1 Å². The third-order valence-electron chi connectivity index (χ3n) is 3.84. The first kappa shape index (κ1) is 20.1. The Morgan fingerprint density at radius 3 is 2.65 bits per heavy atom. The van der Waals surface area contributed by atoms with E-state index in [1.165, 1.54) is 7.11 Å². The summed E-state index contributed by atoms with van der Waals surface area (Å²) in [4.78, 5) is 14.2. The van der Waals surface area contributed by atoms with E-state index in [1.54, 1.807) is 37.1 Å². The van der Waals surface area contributed by atoms with Gasteiger partial charge in [0.1, 0.15) is 11.5 Å². The minimum atomic E-state index is -0.195. The highest BCUT2D eigenvalue weighted by atomic mass is 35.5. The number of nitrogens with zero attached hydrogens (tertiary/aromatic N) is 2. The van der Waals surface area contributed by atoms with E-state index in [-0.39, 0.29) is 5.91 Å². The summed E-state index contributed by atoms with van der Waals surface area (Å²) in [6.45, 7) is 6.92. The zero-order valence-corrected chi connectivity index (χ0v) is 16.6. The van der Waals surface area contributed by atoms with Gasteiger partial charge in [0.05, 0.1) is 25.3 Å². The van der Waals surface area contributed by atoms with E-state index in [2.05, 4.69) is 19.0 Å². The van der Waals surface area contributed by atoms with Crippen molar-refractivity contribution >= 4 is 17.5 Å². The molecule has 0 atom stereocenters. The second-order valence-corrected chi connectivity index (χ2v) is 7.02. The van der Waals surface area contributed by atoms with Gasteiger partial charge in [-0.1, -0.05) is 30.6 Å². The fourth-order valence-corrected chi connectivity index (χ4v) is 2.67. The molecule has 7 heteroatoms. The molecule has 0 aliphatic carbocycles. The van der Waals surface area contributed by atoms with Gasteiger partial charge < -0.3 is 18.9 Å². The summed E-state index contributed by atoms with van der Waals surface area (Å²) in [6, 6.07) is 5.04. The van der Waals surface area contributed by atoms with Crippen molar-refractivity contribution in [2.45, 2.75) is 33.7 Å². The monoisotopic (exact) mass is 380 g/mol. The van der Waals surface area contributed by atoms with Crippen molar-refractivity contribution < 1.29 is 18.8 Å². The van der Waals surface area contributed by atoms with Crippen LogP contribution in [-0.4, -0.2) is 36.7 Å². The third kappa shape index (κ3) is 5.14. The molecule has 1 aromatic carbocycles. The molecule has 0 saturated heterocycles. The van der Waals surface area contributed by atoms with Gasteiger partial charge in [-0.3, -0.25) is 4.79 Å². The molecule has 1 aromatic heterocycles. The predicted octanol–water partition coefficient (Wildman–Crippen LogP) is 4.34. The Morgan fingerprint density at radius 1 is 1.35 bits per heavy atom. The highest BCUT2D eigenvalue weighted by Gasteiger charge is 2.19. The summed E-state index contributed by atoms with van der Waals surface area (Å²) in [5.41, 5.74) is 1.11. The maximum atomic E-state index is 12.7. The summed E-state index contributed by atoms with van der Waals surface area (Å²) in [5.74, 6) is 1.93. The number of rotatable bonds is 8. The third-order valence-corrected chi connectivity index (χ3v) is 4.12. The number of methoxy groups -OCH3 is 1. The minimum Gasteiger partial charge on any atom is -0.493 e. The molecule has 0 spiro atoms. The molecule has 142 valence electrons. The fraction of sp³-hybridized carbons (Fsp3) is 0.474. The second-order valence-electron chi connectivity index (χ2n) is 6.61. The molecule has 0 fully saturated rings. The molecule has 0 aliphatic heterocycles. The lowest BCUT2D eigenvalue weighted by Gasteiger charge is -2.18. The Hall–Kier alpha value is -2.21. The number of hydrogen-bond acceptors (Lipinski definition) is 5. The van der Waals surface area contributed by atoms with Crippen LogP contribution in [0, 0.1) is 12.8 Å². The van der Waals surface area contributed by atoms with Crippen molar-refractivity contribution in [3.63, 3.8) is 0 Å². The van der Waals surface area contributed by atoms with Crippen LogP contribution in [0.4, 0.5) is 0 Å². The molecule has 26 heavy (non-hydrogen) atoms. The number of ether oxygens (including phenoxy) is 2. The van der Waals surface area contributed by atoms with Crippen LogP contribution in [0.2, 0.25) is 5.02 Å². The topological polar surface area (TPSA) is 64.8 Å². The smallest absolute Gasteiger partial charge is 0.254 e.